The minimum atomic E-state index is 0.0932. The normalized spacial score (nSPS) is 16.9. The van der Waals surface area contributed by atoms with Crippen LogP contribution in [0.3, 0.4) is 0 Å². The fraction of sp³-hybridized carbons (Fsp3) is 0.381. The number of thioether (sulfide) groups is 1. The number of carbonyl (C=O) groups is 1. The number of hydrogen-bond donors (Lipinski definition) is 0. The van der Waals surface area contributed by atoms with Gasteiger partial charge in [0.25, 0.3) is 5.91 Å². The van der Waals surface area contributed by atoms with Crippen LogP contribution in [0.4, 0.5) is 0 Å². The number of rotatable bonds is 6. The average molecular weight is 356 g/mol. The third-order valence-corrected chi connectivity index (χ3v) is 5.64. The number of unbranched alkanes of at least 4 members (excludes halogenated alkanes) is 1. The molecule has 4 heteroatoms. The Balaban J connectivity index is 1.69. The van der Waals surface area contributed by atoms with E-state index in [1.54, 1.807) is 0 Å². The lowest BCUT2D eigenvalue weighted by atomic mass is 10.1. The summed E-state index contributed by atoms with van der Waals surface area (Å²) in [6.45, 7) is 5.74. The molecule has 3 nitrogen and oxygen atoms in total. The van der Waals surface area contributed by atoms with Crippen molar-refractivity contribution in [2.75, 3.05) is 18.9 Å². The van der Waals surface area contributed by atoms with Crippen molar-refractivity contribution in [2.45, 2.75) is 32.1 Å². The highest BCUT2D eigenvalue weighted by atomic mass is 32.2. The van der Waals surface area contributed by atoms with Crippen LogP contribution in [-0.4, -0.2) is 29.7 Å². The molecule has 0 aromatic heterocycles. The summed E-state index contributed by atoms with van der Waals surface area (Å²) in [5.41, 5.74) is 3.16. The number of amides is 1. The molecule has 1 aliphatic rings. The SMILES string of the molecule is CCCCOc1ccc(C(=O)N2CCSC2c2ccc(C)cc2)cc1. The first-order chi connectivity index (χ1) is 12.2. The van der Waals surface area contributed by atoms with Crippen LogP contribution in [0.5, 0.6) is 5.75 Å². The van der Waals surface area contributed by atoms with Crippen LogP contribution in [0.2, 0.25) is 0 Å². The molecule has 132 valence electrons. The van der Waals surface area contributed by atoms with E-state index in [1.807, 2.05) is 40.9 Å². The minimum absolute atomic E-state index is 0.0932. The van der Waals surface area contributed by atoms with Crippen molar-refractivity contribution in [3.05, 3.63) is 65.2 Å². The molecule has 0 N–H and O–H groups in total. The van der Waals surface area contributed by atoms with Crippen molar-refractivity contribution in [3.8, 4) is 5.75 Å². The van der Waals surface area contributed by atoms with Gasteiger partial charge in [0.2, 0.25) is 0 Å². The van der Waals surface area contributed by atoms with E-state index in [0.717, 1.165) is 43.1 Å². The standard InChI is InChI=1S/C21H25NO2S/c1-3-4-14-24-19-11-9-17(10-12-19)20(23)22-13-15-25-21(22)18-7-5-16(2)6-8-18/h5-12,21H,3-4,13-15H2,1-2H3. The van der Waals surface area contributed by atoms with E-state index in [2.05, 4.69) is 38.1 Å². The molecule has 2 aromatic rings. The van der Waals surface area contributed by atoms with E-state index >= 15 is 0 Å². The van der Waals surface area contributed by atoms with Crippen LogP contribution in [0, 0.1) is 6.92 Å². The Kier molecular flexibility index (Phi) is 6.03. The topological polar surface area (TPSA) is 29.5 Å². The summed E-state index contributed by atoms with van der Waals surface area (Å²) in [5, 5.41) is 0.105. The number of ether oxygens (including phenoxy) is 1. The molecular formula is C21H25NO2S. The molecule has 1 atom stereocenters. The van der Waals surface area contributed by atoms with Gasteiger partial charge >= 0.3 is 0 Å². The van der Waals surface area contributed by atoms with Gasteiger partial charge in [-0.3, -0.25) is 4.79 Å². The summed E-state index contributed by atoms with van der Waals surface area (Å²) in [7, 11) is 0. The van der Waals surface area contributed by atoms with Gasteiger partial charge in [-0.15, -0.1) is 11.8 Å². The zero-order valence-corrected chi connectivity index (χ0v) is 15.7. The molecular weight excluding hydrogens is 330 g/mol. The number of aryl methyl sites for hydroxylation is 1. The molecule has 1 saturated heterocycles. The van der Waals surface area contributed by atoms with Gasteiger partial charge in [0.05, 0.1) is 6.61 Å². The average Bonchev–Trinajstić information content (AvgIpc) is 3.12. The molecule has 1 aliphatic heterocycles. The quantitative estimate of drug-likeness (QED) is 0.678. The molecule has 0 saturated carbocycles. The molecule has 0 aliphatic carbocycles. The van der Waals surface area contributed by atoms with Crippen molar-refractivity contribution >= 4 is 17.7 Å². The lowest BCUT2D eigenvalue weighted by molar-refractivity contribution is 0.0760. The van der Waals surface area contributed by atoms with Gasteiger partial charge in [-0.2, -0.15) is 0 Å². The van der Waals surface area contributed by atoms with Gasteiger partial charge in [-0.25, -0.2) is 0 Å². The van der Waals surface area contributed by atoms with E-state index in [-0.39, 0.29) is 11.3 Å². The maximum atomic E-state index is 12.9. The van der Waals surface area contributed by atoms with E-state index < -0.39 is 0 Å². The van der Waals surface area contributed by atoms with E-state index in [1.165, 1.54) is 11.1 Å². The number of nitrogens with zero attached hydrogens (tertiary/aromatic N) is 1. The van der Waals surface area contributed by atoms with Crippen LogP contribution in [0.15, 0.2) is 48.5 Å². The van der Waals surface area contributed by atoms with Gasteiger partial charge in [-0.05, 0) is 43.2 Å². The smallest absolute Gasteiger partial charge is 0.255 e. The number of hydrogen-bond acceptors (Lipinski definition) is 3. The Morgan fingerprint density at radius 3 is 2.56 bits per heavy atom. The first-order valence-corrected chi connectivity index (χ1v) is 9.96. The van der Waals surface area contributed by atoms with Gasteiger partial charge in [-0.1, -0.05) is 43.2 Å². The van der Waals surface area contributed by atoms with Gasteiger partial charge in [0.1, 0.15) is 11.1 Å². The summed E-state index contributed by atoms with van der Waals surface area (Å²) >= 11 is 1.83. The molecule has 1 fully saturated rings. The monoisotopic (exact) mass is 355 g/mol. The van der Waals surface area contributed by atoms with Crippen LogP contribution in [0.25, 0.3) is 0 Å². The van der Waals surface area contributed by atoms with Crippen molar-refractivity contribution < 1.29 is 9.53 Å². The van der Waals surface area contributed by atoms with E-state index in [4.69, 9.17) is 4.74 Å². The molecule has 0 bridgehead atoms. The molecule has 25 heavy (non-hydrogen) atoms. The number of carbonyl (C=O) groups excluding carboxylic acids is 1. The molecule has 0 radical (unpaired) electrons. The Hall–Kier alpha value is -1.94. The predicted molar refractivity (Wildman–Crippen MR) is 104 cm³/mol. The Morgan fingerprint density at radius 2 is 1.88 bits per heavy atom. The lowest BCUT2D eigenvalue weighted by Gasteiger charge is -2.24. The highest BCUT2D eigenvalue weighted by Gasteiger charge is 2.31. The zero-order chi connectivity index (χ0) is 17.6. The van der Waals surface area contributed by atoms with Gasteiger partial charge < -0.3 is 9.64 Å². The molecule has 0 spiro atoms. The second-order valence-electron chi connectivity index (χ2n) is 6.36. The predicted octanol–water partition coefficient (Wildman–Crippen LogP) is 5.06. The minimum Gasteiger partial charge on any atom is -0.494 e. The maximum absolute atomic E-state index is 12.9. The second-order valence-corrected chi connectivity index (χ2v) is 7.55. The van der Waals surface area contributed by atoms with Crippen molar-refractivity contribution in [1.82, 2.24) is 4.90 Å². The third-order valence-electron chi connectivity index (χ3n) is 4.38. The third kappa shape index (κ3) is 4.37. The Labute approximate surface area is 154 Å². The van der Waals surface area contributed by atoms with Crippen molar-refractivity contribution in [1.29, 1.82) is 0 Å². The molecule has 1 amide bonds. The van der Waals surface area contributed by atoms with Crippen molar-refractivity contribution in [3.63, 3.8) is 0 Å². The molecule has 3 rings (SSSR count). The second kappa shape index (κ2) is 8.43. The van der Waals surface area contributed by atoms with Crippen LogP contribution < -0.4 is 4.74 Å². The van der Waals surface area contributed by atoms with E-state index in [9.17, 15) is 4.79 Å². The summed E-state index contributed by atoms with van der Waals surface area (Å²) < 4.78 is 5.68. The van der Waals surface area contributed by atoms with Crippen LogP contribution in [-0.2, 0) is 0 Å². The first kappa shape index (κ1) is 17.9. The summed E-state index contributed by atoms with van der Waals surface area (Å²) in [4.78, 5) is 14.9. The fourth-order valence-electron chi connectivity index (χ4n) is 2.88. The summed E-state index contributed by atoms with van der Waals surface area (Å²) in [6, 6.07) is 16.0. The number of benzene rings is 2. The van der Waals surface area contributed by atoms with Gasteiger partial charge in [0.15, 0.2) is 0 Å². The zero-order valence-electron chi connectivity index (χ0n) is 14.9. The highest BCUT2D eigenvalue weighted by molar-refractivity contribution is 7.99. The van der Waals surface area contributed by atoms with Crippen LogP contribution in [0.1, 0.15) is 46.6 Å². The lowest BCUT2D eigenvalue weighted by Crippen LogP contribution is -2.30. The van der Waals surface area contributed by atoms with E-state index in [0.29, 0.717) is 0 Å². The first-order valence-electron chi connectivity index (χ1n) is 8.91. The highest BCUT2D eigenvalue weighted by Crippen LogP contribution is 2.38. The summed E-state index contributed by atoms with van der Waals surface area (Å²) in [5.74, 6) is 1.90. The molecule has 1 heterocycles. The molecule has 2 aromatic carbocycles. The van der Waals surface area contributed by atoms with Crippen molar-refractivity contribution in [2.24, 2.45) is 0 Å². The van der Waals surface area contributed by atoms with Gasteiger partial charge in [0, 0.05) is 17.9 Å². The maximum Gasteiger partial charge on any atom is 0.255 e. The largest absolute Gasteiger partial charge is 0.494 e. The Morgan fingerprint density at radius 1 is 1.16 bits per heavy atom. The Bertz CT molecular complexity index is 697. The molecule has 1 unspecified atom stereocenters. The fourth-order valence-corrected chi connectivity index (χ4v) is 4.14. The summed E-state index contributed by atoms with van der Waals surface area (Å²) in [6.07, 6.45) is 2.16. The van der Waals surface area contributed by atoms with Crippen LogP contribution >= 0.6 is 11.8 Å².